The Kier molecular flexibility index (Phi) is 3.20. The van der Waals surface area contributed by atoms with Crippen LogP contribution in [-0.4, -0.2) is 36.5 Å². The van der Waals surface area contributed by atoms with Crippen LogP contribution in [0.25, 0.3) is 0 Å². The van der Waals surface area contributed by atoms with E-state index < -0.39 is 0 Å². The van der Waals surface area contributed by atoms with Gasteiger partial charge < -0.3 is 5.32 Å². The molecule has 14 heavy (non-hydrogen) atoms. The number of hydrogen-bond acceptors (Lipinski definition) is 2. The number of amides is 1. The molecule has 0 saturated carbocycles. The van der Waals surface area contributed by atoms with E-state index in [1.54, 1.807) is 0 Å². The predicted molar refractivity (Wildman–Crippen MR) is 58.1 cm³/mol. The van der Waals surface area contributed by atoms with E-state index >= 15 is 0 Å². The number of likely N-dealkylation sites (tertiary alicyclic amines) is 1. The molecule has 1 aliphatic rings. The highest BCUT2D eigenvalue weighted by Crippen LogP contribution is 2.32. The lowest BCUT2D eigenvalue weighted by Crippen LogP contribution is -2.43. The minimum Gasteiger partial charge on any atom is -0.353 e. The van der Waals surface area contributed by atoms with Gasteiger partial charge in [0, 0.05) is 12.6 Å². The summed E-state index contributed by atoms with van der Waals surface area (Å²) in [5.41, 5.74) is 0.272. The zero-order valence-corrected chi connectivity index (χ0v) is 9.92. The lowest BCUT2D eigenvalue weighted by atomic mass is 9.90. The second kappa shape index (κ2) is 3.89. The van der Waals surface area contributed by atoms with E-state index in [0.717, 1.165) is 13.0 Å². The van der Waals surface area contributed by atoms with E-state index in [1.165, 1.54) is 0 Å². The fraction of sp³-hybridized carbons (Fsp3) is 0.909. The van der Waals surface area contributed by atoms with Gasteiger partial charge in [0.25, 0.3) is 0 Å². The fourth-order valence-corrected chi connectivity index (χ4v) is 2.20. The van der Waals surface area contributed by atoms with Gasteiger partial charge in [-0.1, -0.05) is 13.8 Å². The summed E-state index contributed by atoms with van der Waals surface area (Å²) < 4.78 is 0. The van der Waals surface area contributed by atoms with Gasteiger partial charge in [0.05, 0.1) is 6.04 Å². The third-order valence-corrected chi connectivity index (χ3v) is 2.69. The van der Waals surface area contributed by atoms with Crippen LogP contribution in [0.15, 0.2) is 0 Å². The molecule has 1 N–H and O–H groups in total. The van der Waals surface area contributed by atoms with Gasteiger partial charge >= 0.3 is 0 Å². The molecular weight excluding hydrogens is 176 g/mol. The summed E-state index contributed by atoms with van der Waals surface area (Å²) in [6.45, 7) is 9.43. The number of rotatable bonds is 2. The average Bonchev–Trinajstić information content (AvgIpc) is 2.23. The maximum Gasteiger partial charge on any atom is 0.237 e. The highest BCUT2D eigenvalue weighted by atomic mass is 16.2. The Bertz CT molecular complexity index is 223. The quantitative estimate of drug-likeness (QED) is 0.724. The Morgan fingerprint density at radius 1 is 1.50 bits per heavy atom. The minimum absolute atomic E-state index is 0.0624. The maximum absolute atomic E-state index is 11.8. The molecule has 82 valence electrons. The van der Waals surface area contributed by atoms with Crippen LogP contribution < -0.4 is 5.32 Å². The minimum atomic E-state index is 0.0624. The first-order valence-corrected chi connectivity index (χ1v) is 5.32. The van der Waals surface area contributed by atoms with Crippen molar-refractivity contribution < 1.29 is 4.79 Å². The zero-order chi connectivity index (χ0) is 10.9. The van der Waals surface area contributed by atoms with Crippen LogP contribution in [0.3, 0.4) is 0 Å². The molecule has 1 heterocycles. The third kappa shape index (κ3) is 2.71. The van der Waals surface area contributed by atoms with Crippen LogP contribution in [0, 0.1) is 5.41 Å². The molecule has 1 aliphatic heterocycles. The van der Waals surface area contributed by atoms with Crippen LogP contribution in [0.1, 0.15) is 34.1 Å². The first-order chi connectivity index (χ1) is 6.32. The molecule has 0 aliphatic carbocycles. The van der Waals surface area contributed by atoms with E-state index in [2.05, 4.69) is 24.1 Å². The molecular formula is C11H22N2O. The van der Waals surface area contributed by atoms with E-state index in [-0.39, 0.29) is 23.4 Å². The summed E-state index contributed by atoms with van der Waals surface area (Å²) in [7, 11) is 2.03. The van der Waals surface area contributed by atoms with Crippen LogP contribution in [-0.2, 0) is 4.79 Å². The molecule has 1 rings (SSSR count). The molecule has 3 nitrogen and oxygen atoms in total. The van der Waals surface area contributed by atoms with Crippen molar-refractivity contribution in [2.75, 3.05) is 13.6 Å². The van der Waals surface area contributed by atoms with Crippen molar-refractivity contribution in [3.63, 3.8) is 0 Å². The highest BCUT2D eigenvalue weighted by Gasteiger charge is 2.39. The Morgan fingerprint density at radius 2 is 2.07 bits per heavy atom. The molecule has 1 fully saturated rings. The van der Waals surface area contributed by atoms with E-state index in [1.807, 2.05) is 20.9 Å². The summed E-state index contributed by atoms with van der Waals surface area (Å²) in [5.74, 6) is 0.174. The van der Waals surface area contributed by atoms with Gasteiger partial charge in [-0.3, -0.25) is 9.69 Å². The van der Waals surface area contributed by atoms with Crippen LogP contribution in [0.4, 0.5) is 0 Å². The highest BCUT2D eigenvalue weighted by molar-refractivity contribution is 5.82. The summed E-state index contributed by atoms with van der Waals surface area (Å²) >= 11 is 0. The third-order valence-electron chi connectivity index (χ3n) is 2.69. The molecule has 0 radical (unpaired) electrons. The lowest BCUT2D eigenvalue weighted by molar-refractivity contribution is -0.125. The average molecular weight is 198 g/mol. The van der Waals surface area contributed by atoms with E-state index in [9.17, 15) is 4.79 Å². The SMILES string of the molecule is CC(C)NC(=O)C1CC(C)(C)CN1C. The lowest BCUT2D eigenvalue weighted by Gasteiger charge is -2.19. The van der Waals surface area contributed by atoms with Crippen LogP contribution in [0.2, 0.25) is 0 Å². The van der Waals surface area contributed by atoms with Crippen LogP contribution in [0.5, 0.6) is 0 Å². The molecule has 0 aromatic rings. The summed E-state index contributed by atoms with van der Waals surface area (Å²) in [5, 5.41) is 2.97. The van der Waals surface area contributed by atoms with Gasteiger partial charge in [-0.2, -0.15) is 0 Å². The molecule has 1 atom stereocenters. The molecule has 0 aromatic carbocycles. The van der Waals surface area contributed by atoms with Gasteiger partial charge in [-0.25, -0.2) is 0 Å². The second-order valence-corrected chi connectivity index (χ2v) is 5.46. The Morgan fingerprint density at radius 3 is 2.43 bits per heavy atom. The monoisotopic (exact) mass is 198 g/mol. The molecule has 0 aromatic heterocycles. The molecule has 0 spiro atoms. The van der Waals surface area contributed by atoms with Gasteiger partial charge in [0.1, 0.15) is 0 Å². The molecule has 3 heteroatoms. The fourth-order valence-electron chi connectivity index (χ4n) is 2.20. The van der Waals surface area contributed by atoms with Crippen molar-refractivity contribution in [3.05, 3.63) is 0 Å². The van der Waals surface area contributed by atoms with Gasteiger partial charge in [-0.15, -0.1) is 0 Å². The van der Waals surface area contributed by atoms with E-state index in [4.69, 9.17) is 0 Å². The second-order valence-electron chi connectivity index (χ2n) is 5.46. The Balaban J connectivity index is 2.57. The smallest absolute Gasteiger partial charge is 0.237 e. The van der Waals surface area contributed by atoms with Gasteiger partial charge in [0.2, 0.25) is 5.91 Å². The standard InChI is InChI=1S/C11H22N2O/c1-8(2)12-10(14)9-6-11(3,4)7-13(9)5/h8-9H,6-7H2,1-5H3,(H,12,14). The predicted octanol–water partition coefficient (Wildman–Crippen LogP) is 1.24. The molecule has 1 unspecified atom stereocenters. The normalized spacial score (nSPS) is 26.9. The largest absolute Gasteiger partial charge is 0.353 e. The van der Waals surface area contributed by atoms with Crippen molar-refractivity contribution >= 4 is 5.91 Å². The number of likely N-dealkylation sites (N-methyl/N-ethyl adjacent to an activating group) is 1. The van der Waals surface area contributed by atoms with Crippen molar-refractivity contribution in [2.45, 2.75) is 46.2 Å². The van der Waals surface area contributed by atoms with Crippen molar-refractivity contribution in [3.8, 4) is 0 Å². The van der Waals surface area contributed by atoms with Crippen molar-refractivity contribution in [1.82, 2.24) is 10.2 Å². The summed E-state index contributed by atoms with van der Waals surface area (Å²) in [6, 6.07) is 0.298. The Labute approximate surface area is 86.9 Å². The van der Waals surface area contributed by atoms with E-state index in [0.29, 0.717) is 0 Å². The van der Waals surface area contributed by atoms with Gasteiger partial charge in [-0.05, 0) is 32.7 Å². The topological polar surface area (TPSA) is 32.3 Å². The molecule has 1 amide bonds. The summed E-state index contributed by atoms with van der Waals surface area (Å²) in [4.78, 5) is 14.0. The summed E-state index contributed by atoms with van der Waals surface area (Å²) in [6.07, 6.45) is 0.960. The first-order valence-electron chi connectivity index (χ1n) is 5.32. The van der Waals surface area contributed by atoms with Crippen LogP contribution >= 0.6 is 0 Å². The van der Waals surface area contributed by atoms with Gasteiger partial charge in [0.15, 0.2) is 0 Å². The van der Waals surface area contributed by atoms with Crippen molar-refractivity contribution in [1.29, 1.82) is 0 Å². The number of carbonyl (C=O) groups is 1. The van der Waals surface area contributed by atoms with Crippen molar-refractivity contribution in [2.24, 2.45) is 5.41 Å². The Hall–Kier alpha value is -0.570. The molecule has 1 saturated heterocycles. The number of hydrogen-bond donors (Lipinski definition) is 1. The maximum atomic E-state index is 11.8. The molecule has 0 bridgehead atoms. The number of nitrogens with zero attached hydrogens (tertiary/aromatic N) is 1. The first kappa shape index (κ1) is 11.5. The zero-order valence-electron chi connectivity index (χ0n) is 9.92. The number of carbonyl (C=O) groups excluding carboxylic acids is 1. The number of nitrogens with one attached hydrogen (secondary N) is 1.